The van der Waals surface area contributed by atoms with E-state index in [-0.39, 0.29) is 2.85 Å². The third kappa shape index (κ3) is 3.94. The van der Waals surface area contributed by atoms with E-state index in [1.165, 1.54) is 45.6 Å². The van der Waals surface area contributed by atoms with Crippen LogP contribution in [-0.2, 0) is 0 Å². The summed E-state index contributed by atoms with van der Waals surface area (Å²) in [5, 5.41) is 15.4. The first-order chi connectivity index (χ1) is 9.83. The predicted octanol–water partition coefficient (Wildman–Crippen LogP) is 3.50. The van der Waals surface area contributed by atoms with E-state index in [9.17, 15) is 0 Å². The van der Waals surface area contributed by atoms with Gasteiger partial charge in [-0.1, -0.05) is 27.7 Å². The van der Waals surface area contributed by atoms with Crippen molar-refractivity contribution in [1.82, 2.24) is 10.2 Å². The van der Waals surface area contributed by atoms with Gasteiger partial charge in [0.15, 0.2) is 0 Å². The molecule has 0 bridgehead atoms. The monoisotopic (exact) mass is 290 g/mol. The van der Waals surface area contributed by atoms with Gasteiger partial charge in [0.25, 0.3) is 0 Å². The van der Waals surface area contributed by atoms with E-state index in [1.807, 2.05) is 27.7 Å². The standard InChI is InChI=1S/C12H20N2.2C2H6.H2O2.2H2/c1-10-5-14(6-11(1)10)4-9-2-12(3-9)7-13-8-12;3*1-2;;/h9-11,13H,1-8H2;2*1-2H3;1-2H;2*1H. The summed E-state index contributed by atoms with van der Waals surface area (Å²) in [7, 11) is 0. The van der Waals surface area contributed by atoms with Gasteiger partial charge in [0.05, 0.1) is 0 Å². The molecule has 2 saturated heterocycles. The van der Waals surface area contributed by atoms with E-state index in [2.05, 4.69) is 10.2 Å². The highest BCUT2D eigenvalue weighted by atomic mass is 17.0. The lowest BCUT2D eigenvalue weighted by Gasteiger charge is -2.55. The summed E-state index contributed by atoms with van der Waals surface area (Å²) < 4.78 is 0. The summed E-state index contributed by atoms with van der Waals surface area (Å²) in [5.74, 6) is 3.29. The minimum atomic E-state index is 0. The molecule has 4 nitrogen and oxygen atoms in total. The molecule has 2 unspecified atom stereocenters. The van der Waals surface area contributed by atoms with E-state index in [0.29, 0.717) is 0 Å². The van der Waals surface area contributed by atoms with Crippen LogP contribution in [0, 0.1) is 23.2 Å². The molecule has 3 N–H and O–H groups in total. The quantitative estimate of drug-likeness (QED) is 0.538. The van der Waals surface area contributed by atoms with Gasteiger partial charge in [0.1, 0.15) is 0 Å². The Bertz CT molecular complexity index is 261. The van der Waals surface area contributed by atoms with Crippen LogP contribution in [0.15, 0.2) is 0 Å². The van der Waals surface area contributed by atoms with Crippen molar-refractivity contribution in [3.8, 4) is 0 Å². The normalized spacial score (nSPS) is 32.1. The van der Waals surface area contributed by atoms with E-state index >= 15 is 0 Å². The Kier molecular flexibility index (Phi) is 7.45. The third-order valence-electron chi connectivity index (χ3n) is 5.01. The second-order valence-electron chi connectivity index (χ2n) is 6.35. The number of likely N-dealkylation sites (tertiary alicyclic amines) is 1. The van der Waals surface area contributed by atoms with Crippen LogP contribution in [0.5, 0.6) is 0 Å². The van der Waals surface area contributed by atoms with Gasteiger partial charge in [0, 0.05) is 35.6 Å². The fourth-order valence-corrected chi connectivity index (χ4v) is 4.07. The van der Waals surface area contributed by atoms with Crippen molar-refractivity contribution < 1.29 is 13.4 Å². The van der Waals surface area contributed by atoms with Crippen molar-refractivity contribution in [1.29, 1.82) is 0 Å². The minimum absolute atomic E-state index is 0. The van der Waals surface area contributed by atoms with Crippen LogP contribution in [-0.4, -0.2) is 48.1 Å². The molecule has 0 amide bonds. The summed E-state index contributed by atoms with van der Waals surface area (Å²) in [4.78, 5) is 2.74. The van der Waals surface area contributed by atoms with E-state index in [0.717, 1.165) is 23.2 Å². The van der Waals surface area contributed by atoms with Crippen molar-refractivity contribution in [2.24, 2.45) is 23.2 Å². The average Bonchev–Trinajstić information content (AvgIpc) is 3.05. The van der Waals surface area contributed by atoms with Gasteiger partial charge in [-0.2, -0.15) is 0 Å². The molecule has 4 heteroatoms. The topological polar surface area (TPSA) is 55.7 Å². The molecular formula is C16H38N2O2. The van der Waals surface area contributed by atoms with Crippen molar-refractivity contribution in [2.75, 3.05) is 32.7 Å². The molecule has 0 aromatic carbocycles. The SMILES string of the molecule is C1C2CN(CC3CC4(CNC4)C3)CC12.CC.CC.OO.[HH].[HH]. The molecule has 20 heavy (non-hydrogen) atoms. The number of fused-ring (bicyclic) bond motifs is 1. The maximum atomic E-state index is 6.00. The van der Waals surface area contributed by atoms with Gasteiger partial charge in [-0.15, -0.1) is 0 Å². The lowest BCUT2D eigenvalue weighted by Crippen LogP contribution is -2.61. The molecule has 1 spiro atoms. The largest absolute Gasteiger partial charge is 0.316 e. The van der Waals surface area contributed by atoms with E-state index < -0.39 is 0 Å². The fraction of sp³-hybridized carbons (Fsp3) is 1.00. The Hall–Kier alpha value is -0.160. The van der Waals surface area contributed by atoms with Gasteiger partial charge in [-0.05, 0) is 42.4 Å². The highest BCUT2D eigenvalue weighted by Crippen LogP contribution is 2.50. The van der Waals surface area contributed by atoms with Gasteiger partial charge >= 0.3 is 0 Å². The van der Waals surface area contributed by atoms with Gasteiger partial charge in [-0.3, -0.25) is 10.5 Å². The summed E-state index contributed by atoms with van der Waals surface area (Å²) in [6.07, 6.45) is 4.59. The smallest absolute Gasteiger partial charge is 0.00204 e. The van der Waals surface area contributed by atoms with Crippen LogP contribution in [0.1, 0.15) is 49.8 Å². The Morgan fingerprint density at radius 2 is 1.55 bits per heavy atom. The molecule has 4 fully saturated rings. The number of nitrogens with one attached hydrogen (secondary N) is 1. The molecule has 4 aliphatic rings. The number of hydrogen-bond donors (Lipinski definition) is 3. The minimum Gasteiger partial charge on any atom is -0.316 e. The maximum Gasteiger partial charge on any atom is 0.00204 e. The van der Waals surface area contributed by atoms with Crippen LogP contribution in [0.3, 0.4) is 0 Å². The summed E-state index contributed by atoms with van der Waals surface area (Å²) in [6.45, 7) is 14.9. The second kappa shape index (κ2) is 8.32. The lowest BCUT2D eigenvalue weighted by atomic mass is 9.58. The molecule has 2 heterocycles. The molecule has 2 atom stereocenters. The number of nitrogens with zero attached hydrogens (tertiary/aromatic N) is 1. The molecule has 2 saturated carbocycles. The van der Waals surface area contributed by atoms with Crippen molar-refractivity contribution in [2.45, 2.75) is 47.0 Å². The summed E-state index contributed by atoms with van der Waals surface area (Å²) >= 11 is 0. The zero-order valence-corrected chi connectivity index (χ0v) is 13.7. The van der Waals surface area contributed by atoms with Gasteiger partial charge < -0.3 is 10.2 Å². The van der Waals surface area contributed by atoms with Crippen LogP contribution in [0.4, 0.5) is 0 Å². The van der Waals surface area contributed by atoms with Crippen molar-refractivity contribution in [3.63, 3.8) is 0 Å². The molecular weight excluding hydrogens is 252 g/mol. The lowest BCUT2D eigenvalue weighted by molar-refractivity contribution is -0.176. The highest BCUT2D eigenvalue weighted by molar-refractivity contribution is 5.04. The Balaban J connectivity index is 0. The predicted molar refractivity (Wildman–Crippen MR) is 88.2 cm³/mol. The molecule has 2 aliphatic heterocycles. The number of hydrogen-bond acceptors (Lipinski definition) is 4. The van der Waals surface area contributed by atoms with Crippen LogP contribution < -0.4 is 5.32 Å². The third-order valence-corrected chi connectivity index (χ3v) is 5.01. The first-order valence-corrected chi connectivity index (χ1v) is 8.46. The van der Waals surface area contributed by atoms with Gasteiger partial charge in [0.2, 0.25) is 0 Å². The number of piperidine rings is 1. The molecule has 0 aromatic rings. The Labute approximate surface area is 127 Å². The maximum absolute atomic E-state index is 6.00. The first kappa shape index (κ1) is 17.9. The Morgan fingerprint density at radius 1 is 1.05 bits per heavy atom. The second-order valence-corrected chi connectivity index (χ2v) is 6.35. The zero-order valence-electron chi connectivity index (χ0n) is 13.7. The molecule has 0 aromatic heterocycles. The van der Waals surface area contributed by atoms with Crippen LogP contribution >= 0.6 is 0 Å². The summed E-state index contributed by atoms with van der Waals surface area (Å²) in [6, 6.07) is 0. The van der Waals surface area contributed by atoms with Crippen molar-refractivity contribution in [3.05, 3.63) is 0 Å². The van der Waals surface area contributed by atoms with Crippen LogP contribution in [0.2, 0.25) is 0 Å². The van der Waals surface area contributed by atoms with E-state index in [1.54, 1.807) is 6.42 Å². The Morgan fingerprint density at radius 3 is 1.95 bits per heavy atom. The van der Waals surface area contributed by atoms with Crippen molar-refractivity contribution >= 4 is 0 Å². The van der Waals surface area contributed by atoms with Gasteiger partial charge in [-0.25, -0.2) is 0 Å². The zero-order chi connectivity index (χ0) is 15.2. The first-order valence-electron chi connectivity index (χ1n) is 8.46. The molecule has 4 rings (SSSR count). The molecule has 2 aliphatic carbocycles. The summed E-state index contributed by atoms with van der Waals surface area (Å²) in [5.41, 5.74) is 0.785. The van der Waals surface area contributed by atoms with Crippen LogP contribution in [0.25, 0.3) is 0 Å². The van der Waals surface area contributed by atoms with E-state index in [4.69, 9.17) is 10.5 Å². The fourth-order valence-electron chi connectivity index (χ4n) is 4.07. The molecule has 0 radical (unpaired) electrons. The number of rotatable bonds is 2. The highest BCUT2D eigenvalue weighted by Gasteiger charge is 2.50. The average molecular weight is 290 g/mol. The molecule has 124 valence electrons.